The molecule has 184 valence electrons. The van der Waals surface area contributed by atoms with Gasteiger partial charge in [0.05, 0.1) is 16.4 Å². The van der Waals surface area contributed by atoms with E-state index in [2.05, 4.69) is 38.2 Å². The second-order valence-electron chi connectivity index (χ2n) is 10.5. The molecule has 2 atom stereocenters. The van der Waals surface area contributed by atoms with Crippen molar-refractivity contribution in [2.75, 3.05) is 11.9 Å². The molecule has 1 aliphatic carbocycles. The standard InChI is InChI=1S/C28H33ClN4O2/c1-18(2)32(27(35)21-15-20(21)19-11-7-6-8-12-19)17-26(34)30-25-16-24(28(3,4)5)31-33(25)23-14-10-9-13-22(23)29/h6-14,16,18,20-21H,15,17H2,1-5H3,(H,30,34). The molecule has 2 amide bonds. The third-order valence-electron chi connectivity index (χ3n) is 6.38. The van der Waals surface area contributed by atoms with E-state index in [-0.39, 0.29) is 41.7 Å². The fourth-order valence-corrected chi connectivity index (χ4v) is 4.46. The van der Waals surface area contributed by atoms with Crippen LogP contribution in [0.2, 0.25) is 5.02 Å². The molecule has 1 aromatic heterocycles. The van der Waals surface area contributed by atoms with Crippen molar-refractivity contribution in [3.05, 3.63) is 76.9 Å². The summed E-state index contributed by atoms with van der Waals surface area (Å²) in [6.07, 6.45) is 0.821. The summed E-state index contributed by atoms with van der Waals surface area (Å²) in [5.74, 6) is 0.437. The highest BCUT2D eigenvalue weighted by Crippen LogP contribution is 2.48. The fourth-order valence-electron chi connectivity index (χ4n) is 4.25. The molecule has 0 saturated heterocycles. The zero-order valence-corrected chi connectivity index (χ0v) is 21.7. The monoisotopic (exact) mass is 492 g/mol. The van der Waals surface area contributed by atoms with Crippen molar-refractivity contribution in [3.63, 3.8) is 0 Å². The van der Waals surface area contributed by atoms with Crippen LogP contribution in [0.1, 0.15) is 58.2 Å². The van der Waals surface area contributed by atoms with Crippen molar-refractivity contribution >= 4 is 29.2 Å². The zero-order chi connectivity index (χ0) is 25.3. The summed E-state index contributed by atoms with van der Waals surface area (Å²) in [6, 6.07) is 19.3. The number of rotatable bonds is 7. The summed E-state index contributed by atoms with van der Waals surface area (Å²) in [5.41, 5.74) is 2.47. The first-order chi connectivity index (χ1) is 16.6. The third-order valence-corrected chi connectivity index (χ3v) is 6.70. The van der Waals surface area contributed by atoms with Gasteiger partial charge in [-0.1, -0.05) is 74.8 Å². The van der Waals surface area contributed by atoms with Crippen molar-refractivity contribution in [1.82, 2.24) is 14.7 Å². The van der Waals surface area contributed by atoms with Gasteiger partial charge in [0.15, 0.2) is 0 Å². The molecule has 3 aromatic rings. The normalized spacial score (nSPS) is 17.3. The number of amides is 2. The summed E-state index contributed by atoms with van der Waals surface area (Å²) in [5, 5.41) is 8.25. The number of hydrogen-bond acceptors (Lipinski definition) is 3. The first-order valence-electron chi connectivity index (χ1n) is 12.1. The van der Waals surface area contributed by atoms with Crippen LogP contribution in [0.4, 0.5) is 5.82 Å². The van der Waals surface area contributed by atoms with Crippen molar-refractivity contribution in [1.29, 1.82) is 0 Å². The van der Waals surface area contributed by atoms with Gasteiger partial charge in [-0.25, -0.2) is 4.68 Å². The van der Waals surface area contributed by atoms with Crippen LogP contribution in [-0.2, 0) is 15.0 Å². The Morgan fingerprint density at radius 1 is 1.11 bits per heavy atom. The smallest absolute Gasteiger partial charge is 0.245 e. The molecule has 1 aliphatic rings. The maximum Gasteiger partial charge on any atom is 0.245 e. The maximum atomic E-state index is 13.3. The molecule has 7 heteroatoms. The first-order valence-corrected chi connectivity index (χ1v) is 12.4. The predicted octanol–water partition coefficient (Wildman–Crippen LogP) is 5.80. The number of hydrogen-bond donors (Lipinski definition) is 1. The van der Waals surface area contributed by atoms with Gasteiger partial charge in [-0.2, -0.15) is 5.10 Å². The van der Waals surface area contributed by atoms with E-state index in [4.69, 9.17) is 16.7 Å². The molecule has 1 saturated carbocycles. The first kappa shape index (κ1) is 25.0. The Hall–Kier alpha value is -3.12. The average molecular weight is 493 g/mol. The van der Waals surface area contributed by atoms with Gasteiger partial charge in [0.2, 0.25) is 11.8 Å². The van der Waals surface area contributed by atoms with Crippen LogP contribution in [0.25, 0.3) is 5.69 Å². The molecule has 2 aromatic carbocycles. The second-order valence-corrected chi connectivity index (χ2v) is 10.9. The van der Waals surface area contributed by atoms with Crippen molar-refractivity contribution in [2.24, 2.45) is 5.92 Å². The van der Waals surface area contributed by atoms with Crippen molar-refractivity contribution in [3.8, 4) is 5.69 Å². The van der Waals surface area contributed by atoms with Gasteiger partial charge < -0.3 is 10.2 Å². The highest BCUT2D eigenvalue weighted by Gasteiger charge is 2.46. The van der Waals surface area contributed by atoms with Gasteiger partial charge in [-0.3, -0.25) is 9.59 Å². The minimum atomic E-state index is -0.266. The Balaban J connectivity index is 1.52. The molecule has 1 heterocycles. The molecule has 0 radical (unpaired) electrons. The highest BCUT2D eigenvalue weighted by molar-refractivity contribution is 6.32. The SMILES string of the molecule is CC(C)N(CC(=O)Nc1cc(C(C)(C)C)nn1-c1ccccc1Cl)C(=O)C1CC1c1ccccc1. The maximum absolute atomic E-state index is 13.3. The topological polar surface area (TPSA) is 67.2 Å². The molecule has 1 N–H and O–H groups in total. The van der Waals surface area contributed by atoms with Crippen LogP contribution in [0.15, 0.2) is 60.7 Å². The molecular weight excluding hydrogens is 460 g/mol. The summed E-state index contributed by atoms with van der Waals surface area (Å²) in [6.45, 7) is 10.1. The second kappa shape index (κ2) is 9.86. The van der Waals surface area contributed by atoms with Gasteiger partial charge >= 0.3 is 0 Å². The van der Waals surface area contributed by atoms with Crippen molar-refractivity contribution in [2.45, 2.75) is 58.4 Å². The molecule has 4 rings (SSSR count). The van der Waals surface area contributed by atoms with Crippen LogP contribution >= 0.6 is 11.6 Å². The summed E-state index contributed by atoms with van der Waals surface area (Å²) < 4.78 is 1.66. The molecule has 0 spiro atoms. The summed E-state index contributed by atoms with van der Waals surface area (Å²) in [4.78, 5) is 28.1. The Bertz CT molecular complexity index is 1210. The molecule has 6 nitrogen and oxygen atoms in total. The van der Waals surface area contributed by atoms with E-state index in [1.165, 1.54) is 5.56 Å². The van der Waals surface area contributed by atoms with E-state index in [1.54, 1.807) is 15.6 Å². The van der Waals surface area contributed by atoms with E-state index in [0.29, 0.717) is 16.5 Å². The Kier molecular flexibility index (Phi) is 7.04. The van der Waals surface area contributed by atoms with E-state index < -0.39 is 0 Å². The van der Waals surface area contributed by atoms with Gasteiger partial charge in [0.1, 0.15) is 12.4 Å². The number of nitrogens with zero attached hydrogens (tertiary/aromatic N) is 3. The van der Waals surface area contributed by atoms with Crippen LogP contribution < -0.4 is 5.32 Å². The zero-order valence-electron chi connectivity index (χ0n) is 21.0. The third kappa shape index (κ3) is 5.59. The van der Waals surface area contributed by atoms with Crippen molar-refractivity contribution < 1.29 is 9.59 Å². The van der Waals surface area contributed by atoms with Gasteiger partial charge in [-0.15, -0.1) is 0 Å². The minimum Gasteiger partial charge on any atom is -0.331 e. The Morgan fingerprint density at radius 3 is 2.40 bits per heavy atom. The Labute approximate surface area is 212 Å². The lowest BCUT2D eigenvalue weighted by atomic mass is 9.92. The fraction of sp³-hybridized carbons (Fsp3) is 0.393. The van der Waals surface area contributed by atoms with Crippen LogP contribution in [0.3, 0.4) is 0 Å². The number of para-hydroxylation sites is 1. The van der Waals surface area contributed by atoms with Crippen LogP contribution in [-0.4, -0.2) is 39.1 Å². The molecule has 0 bridgehead atoms. The number of aromatic nitrogens is 2. The summed E-state index contributed by atoms with van der Waals surface area (Å²) in [7, 11) is 0. The molecule has 1 fully saturated rings. The lowest BCUT2D eigenvalue weighted by Gasteiger charge is -2.26. The van der Waals surface area contributed by atoms with Crippen LogP contribution in [0.5, 0.6) is 0 Å². The van der Waals surface area contributed by atoms with E-state index in [0.717, 1.165) is 12.1 Å². The molecular formula is C28H33ClN4O2. The largest absolute Gasteiger partial charge is 0.331 e. The highest BCUT2D eigenvalue weighted by atomic mass is 35.5. The van der Waals surface area contributed by atoms with Gasteiger partial charge in [0.25, 0.3) is 0 Å². The molecule has 35 heavy (non-hydrogen) atoms. The number of carbonyl (C=O) groups excluding carboxylic acids is 2. The van der Waals surface area contributed by atoms with E-state index >= 15 is 0 Å². The molecule has 0 aliphatic heterocycles. The number of halogens is 1. The molecule has 2 unspecified atom stereocenters. The van der Waals surface area contributed by atoms with Gasteiger partial charge in [0, 0.05) is 23.4 Å². The van der Waals surface area contributed by atoms with E-state index in [9.17, 15) is 9.59 Å². The quantitative estimate of drug-likeness (QED) is 0.453. The lowest BCUT2D eigenvalue weighted by molar-refractivity contribution is -0.137. The number of anilines is 1. The van der Waals surface area contributed by atoms with Gasteiger partial charge in [-0.05, 0) is 43.9 Å². The summed E-state index contributed by atoms with van der Waals surface area (Å²) >= 11 is 6.44. The number of carbonyl (C=O) groups is 2. The average Bonchev–Trinajstić information content (AvgIpc) is 3.50. The van der Waals surface area contributed by atoms with Crippen LogP contribution in [0, 0.1) is 5.92 Å². The Morgan fingerprint density at radius 2 is 1.77 bits per heavy atom. The minimum absolute atomic E-state index is 0.0208. The predicted molar refractivity (Wildman–Crippen MR) is 140 cm³/mol. The number of nitrogens with one attached hydrogen (secondary N) is 1. The lowest BCUT2D eigenvalue weighted by Crippen LogP contribution is -2.43. The van der Waals surface area contributed by atoms with E-state index in [1.807, 2.05) is 56.3 Å². The number of benzene rings is 2.